The first kappa shape index (κ1) is 18.8. The van der Waals surface area contributed by atoms with Gasteiger partial charge in [0.05, 0.1) is 11.9 Å². The molecule has 2 aromatic carbocycles. The summed E-state index contributed by atoms with van der Waals surface area (Å²) in [7, 11) is 0. The quantitative estimate of drug-likeness (QED) is 0.437. The SMILES string of the molecule is c1ccc(CCCNc2ccc3ncc(-c4ccc(C5CCCN5)cc4)n3n2)cc1. The first-order valence-electron chi connectivity index (χ1n) is 10.8. The van der Waals surface area contributed by atoms with Crippen LogP contribution < -0.4 is 10.6 Å². The van der Waals surface area contributed by atoms with E-state index in [-0.39, 0.29) is 0 Å². The van der Waals surface area contributed by atoms with Gasteiger partial charge in [0.2, 0.25) is 0 Å². The number of hydrogen-bond acceptors (Lipinski definition) is 4. The number of anilines is 1. The van der Waals surface area contributed by atoms with Gasteiger partial charge in [-0.3, -0.25) is 0 Å². The third-order valence-electron chi connectivity index (χ3n) is 5.82. The highest BCUT2D eigenvalue weighted by Crippen LogP contribution is 2.26. The van der Waals surface area contributed by atoms with Crippen LogP contribution in [0.1, 0.15) is 36.4 Å². The molecular formula is C25H27N5. The number of rotatable bonds is 7. The van der Waals surface area contributed by atoms with Crippen molar-refractivity contribution in [2.24, 2.45) is 0 Å². The Morgan fingerprint density at radius 3 is 2.67 bits per heavy atom. The summed E-state index contributed by atoms with van der Waals surface area (Å²) in [5, 5.41) is 11.8. The Balaban J connectivity index is 1.28. The molecular weight excluding hydrogens is 370 g/mol. The van der Waals surface area contributed by atoms with Crippen LogP contribution in [0.25, 0.3) is 16.9 Å². The minimum atomic E-state index is 0.492. The van der Waals surface area contributed by atoms with Crippen LogP contribution in [0.4, 0.5) is 5.82 Å². The molecule has 5 nitrogen and oxygen atoms in total. The number of aryl methyl sites for hydroxylation is 1. The zero-order valence-corrected chi connectivity index (χ0v) is 17.1. The van der Waals surface area contributed by atoms with Crippen LogP contribution in [0.5, 0.6) is 0 Å². The van der Waals surface area contributed by atoms with Crippen LogP contribution >= 0.6 is 0 Å². The van der Waals surface area contributed by atoms with E-state index >= 15 is 0 Å². The van der Waals surface area contributed by atoms with Crippen molar-refractivity contribution in [3.8, 4) is 11.3 Å². The maximum Gasteiger partial charge on any atom is 0.154 e. The van der Waals surface area contributed by atoms with Crippen LogP contribution in [0.2, 0.25) is 0 Å². The van der Waals surface area contributed by atoms with Crippen LogP contribution in [-0.4, -0.2) is 27.7 Å². The fourth-order valence-corrected chi connectivity index (χ4v) is 4.17. The minimum absolute atomic E-state index is 0.492. The molecule has 1 atom stereocenters. The summed E-state index contributed by atoms with van der Waals surface area (Å²) < 4.78 is 1.93. The second-order valence-corrected chi connectivity index (χ2v) is 7.92. The summed E-state index contributed by atoms with van der Waals surface area (Å²) in [6, 6.07) is 23.9. The highest BCUT2D eigenvalue weighted by atomic mass is 15.3. The van der Waals surface area contributed by atoms with Crippen molar-refractivity contribution in [1.82, 2.24) is 19.9 Å². The van der Waals surface area contributed by atoms with Gasteiger partial charge in [-0.15, -0.1) is 5.10 Å². The third kappa shape index (κ3) is 4.07. The molecule has 0 aliphatic carbocycles. The molecule has 4 aromatic rings. The van der Waals surface area contributed by atoms with Crippen molar-refractivity contribution in [2.75, 3.05) is 18.4 Å². The second-order valence-electron chi connectivity index (χ2n) is 7.92. The first-order chi connectivity index (χ1) is 14.9. The number of hydrogen-bond donors (Lipinski definition) is 2. The molecule has 2 N–H and O–H groups in total. The average Bonchev–Trinajstić information content (AvgIpc) is 3.48. The maximum atomic E-state index is 4.79. The zero-order valence-electron chi connectivity index (χ0n) is 17.1. The summed E-state index contributed by atoms with van der Waals surface area (Å²) in [4.78, 5) is 4.53. The summed E-state index contributed by atoms with van der Waals surface area (Å²) in [5.41, 5.74) is 5.75. The smallest absolute Gasteiger partial charge is 0.154 e. The lowest BCUT2D eigenvalue weighted by Gasteiger charge is -2.11. The third-order valence-corrected chi connectivity index (χ3v) is 5.82. The molecule has 5 rings (SSSR count). The van der Waals surface area contributed by atoms with Crippen molar-refractivity contribution < 1.29 is 0 Å². The lowest BCUT2D eigenvalue weighted by molar-refractivity contribution is 0.648. The number of fused-ring (bicyclic) bond motifs is 1. The summed E-state index contributed by atoms with van der Waals surface area (Å²) in [6.45, 7) is 2.01. The van der Waals surface area contributed by atoms with E-state index in [9.17, 15) is 0 Å². The molecule has 1 saturated heterocycles. The van der Waals surface area contributed by atoms with E-state index in [1.807, 2.05) is 22.8 Å². The summed E-state index contributed by atoms with van der Waals surface area (Å²) in [5.74, 6) is 0.876. The van der Waals surface area contributed by atoms with Crippen molar-refractivity contribution in [3.63, 3.8) is 0 Å². The van der Waals surface area contributed by atoms with Gasteiger partial charge in [-0.2, -0.15) is 0 Å². The molecule has 0 amide bonds. The predicted octanol–water partition coefficient (Wildman–Crippen LogP) is 4.87. The molecule has 0 bridgehead atoms. The lowest BCUT2D eigenvalue weighted by atomic mass is 10.0. The Hall–Kier alpha value is -3.18. The Labute approximate surface area is 177 Å². The fourth-order valence-electron chi connectivity index (χ4n) is 4.17. The van der Waals surface area contributed by atoms with Crippen LogP contribution in [-0.2, 0) is 6.42 Å². The Kier molecular flexibility index (Phi) is 5.44. The largest absolute Gasteiger partial charge is 0.369 e. The molecule has 30 heavy (non-hydrogen) atoms. The number of nitrogens with zero attached hydrogens (tertiary/aromatic N) is 3. The van der Waals surface area contributed by atoms with Gasteiger partial charge in [-0.1, -0.05) is 54.6 Å². The molecule has 1 aliphatic heterocycles. The molecule has 152 valence electrons. The molecule has 1 aliphatic rings. The summed E-state index contributed by atoms with van der Waals surface area (Å²) >= 11 is 0. The van der Waals surface area contributed by atoms with E-state index < -0.39 is 0 Å². The van der Waals surface area contributed by atoms with Gasteiger partial charge in [-0.25, -0.2) is 9.50 Å². The normalized spacial score (nSPS) is 16.2. The molecule has 3 heterocycles. The fraction of sp³-hybridized carbons (Fsp3) is 0.280. The van der Waals surface area contributed by atoms with Gasteiger partial charge >= 0.3 is 0 Å². The van der Waals surface area contributed by atoms with Crippen molar-refractivity contribution in [2.45, 2.75) is 31.7 Å². The van der Waals surface area contributed by atoms with Crippen LogP contribution in [0, 0.1) is 0 Å². The summed E-state index contributed by atoms with van der Waals surface area (Å²) in [6.07, 6.45) is 6.51. The van der Waals surface area contributed by atoms with Gasteiger partial charge in [0.1, 0.15) is 5.82 Å². The van der Waals surface area contributed by atoms with Crippen LogP contribution in [0.3, 0.4) is 0 Å². The molecule has 2 aromatic heterocycles. The number of imidazole rings is 1. The van der Waals surface area contributed by atoms with Gasteiger partial charge in [0.15, 0.2) is 5.65 Å². The van der Waals surface area contributed by atoms with E-state index in [0.717, 1.165) is 48.7 Å². The molecule has 0 saturated carbocycles. The van der Waals surface area contributed by atoms with Crippen molar-refractivity contribution >= 4 is 11.5 Å². The highest BCUT2D eigenvalue weighted by molar-refractivity contribution is 5.64. The number of aromatic nitrogens is 3. The Bertz CT molecular complexity index is 1100. The lowest BCUT2D eigenvalue weighted by Crippen LogP contribution is -2.12. The van der Waals surface area contributed by atoms with Crippen molar-refractivity contribution in [1.29, 1.82) is 0 Å². The topological polar surface area (TPSA) is 54.2 Å². The van der Waals surface area contributed by atoms with E-state index in [1.54, 1.807) is 0 Å². The van der Waals surface area contributed by atoms with E-state index in [4.69, 9.17) is 5.10 Å². The highest BCUT2D eigenvalue weighted by Gasteiger charge is 2.16. The van der Waals surface area contributed by atoms with Gasteiger partial charge in [0, 0.05) is 18.2 Å². The predicted molar refractivity (Wildman–Crippen MR) is 122 cm³/mol. The molecule has 1 fully saturated rings. The molecule has 1 unspecified atom stereocenters. The first-order valence-corrected chi connectivity index (χ1v) is 10.8. The van der Waals surface area contributed by atoms with E-state index in [2.05, 4.69) is 70.2 Å². The van der Waals surface area contributed by atoms with E-state index in [0.29, 0.717) is 6.04 Å². The Morgan fingerprint density at radius 1 is 1.00 bits per heavy atom. The van der Waals surface area contributed by atoms with Gasteiger partial charge < -0.3 is 10.6 Å². The van der Waals surface area contributed by atoms with Gasteiger partial charge in [0.25, 0.3) is 0 Å². The van der Waals surface area contributed by atoms with Gasteiger partial charge in [-0.05, 0) is 55.5 Å². The van der Waals surface area contributed by atoms with Crippen LogP contribution in [0.15, 0.2) is 72.9 Å². The minimum Gasteiger partial charge on any atom is -0.369 e. The second kappa shape index (κ2) is 8.67. The number of nitrogens with one attached hydrogen (secondary N) is 2. The monoisotopic (exact) mass is 397 g/mol. The Morgan fingerprint density at radius 2 is 1.87 bits per heavy atom. The number of benzene rings is 2. The average molecular weight is 398 g/mol. The standard InChI is InChI=1S/C25H27N5/c1-2-6-19(7-3-1)8-4-17-27-24-14-15-25-28-18-23(30(25)29-24)21-12-10-20(11-13-21)22-9-5-16-26-22/h1-3,6-7,10-15,18,22,26H,4-5,8-9,16-17H2,(H,27,29). The maximum absolute atomic E-state index is 4.79. The molecule has 0 spiro atoms. The van der Waals surface area contributed by atoms with E-state index in [1.165, 1.54) is 24.0 Å². The molecule has 0 radical (unpaired) electrons. The van der Waals surface area contributed by atoms with Crippen molar-refractivity contribution in [3.05, 3.63) is 84.1 Å². The molecule has 5 heteroatoms. The zero-order chi connectivity index (χ0) is 20.2.